The van der Waals surface area contributed by atoms with Gasteiger partial charge in [-0.2, -0.15) is 5.10 Å². The topological polar surface area (TPSA) is 55.6 Å². The number of hydrogen-bond acceptors (Lipinski definition) is 5. The van der Waals surface area contributed by atoms with Gasteiger partial charge in [0, 0.05) is 18.9 Å². The molecule has 20 heavy (non-hydrogen) atoms. The molecule has 104 valence electrons. The van der Waals surface area contributed by atoms with Crippen LogP contribution in [0.3, 0.4) is 0 Å². The smallest absolute Gasteiger partial charge is 0.0772 e. The fourth-order valence-electron chi connectivity index (χ4n) is 2.52. The summed E-state index contributed by atoms with van der Waals surface area (Å²) in [5.41, 5.74) is 3.27. The highest BCUT2D eigenvalue weighted by atomic mass is 32.1. The van der Waals surface area contributed by atoms with Crippen molar-refractivity contribution in [3.8, 4) is 0 Å². The molecule has 6 heteroatoms. The first-order valence-corrected chi connectivity index (χ1v) is 7.34. The van der Waals surface area contributed by atoms with E-state index < -0.39 is 0 Å². The van der Waals surface area contributed by atoms with E-state index >= 15 is 0 Å². The summed E-state index contributed by atoms with van der Waals surface area (Å²) in [7, 11) is 3.95. The van der Waals surface area contributed by atoms with E-state index in [-0.39, 0.29) is 6.04 Å². The maximum Gasteiger partial charge on any atom is 0.0772 e. The molecule has 1 aromatic carbocycles. The van der Waals surface area contributed by atoms with E-state index in [0.29, 0.717) is 0 Å². The molecule has 2 aromatic heterocycles. The van der Waals surface area contributed by atoms with Crippen molar-refractivity contribution in [1.29, 1.82) is 0 Å². The molecule has 2 heterocycles. The Kier molecular flexibility index (Phi) is 3.50. The molecule has 1 N–H and O–H groups in total. The molecular formula is C14H17N5S. The second kappa shape index (κ2) is 5.30. The van der Waals surface area contributed by atoms with Gasteiger partial charge in [0.1, 0.15) is 0 Å². The molecule has 0 fully saturated rings. The molecular weight excluding hydrogens is 270 g/mol. The van der Waals surface area contributed by atoms with Crippen LogP contribution in [-0.4, -0.2) is 26.4 Å². The highest BCUT2D eigenvalue weighted by Crippen LogP contribution is 2.26. The quantitative estimate of drug-likeness (QED) is 0.799. The van der Waals surface area contributed by atoms with E-state index in [2.05, 4.69) is 38.2 Å². The van der Waals surface area contributed by atoms with Gasteiger partial charge in [-0.15, -0.1) is 5.10 Å². The van der Waals surface area contributed by atoms with Crippen LogP contribution < -0.4 is 5.32 Å². The fraction of sp³-hybridized carbons (Fsp3) is 0.357. The molecule has 0 radical (unpaired) electrons. The van der Waals surface area contributed by atoms with E-state index in [4.69, 9.17) is 0 Å². The third-order valence-electron chi connectivity index (χ3n) is 3.58. The molecule has 1 unspecified atom stereocenters. The number of nitrogens with zero attached hydrogens (tertiary/aromatic N) is 4. The number of aromatic nitrogens is 4. The largest absolute Gasteiger partial charge is 0.312 e. The predicted molar refractivity (Wildman–Crippen MR) is 80.9 cm³/mol. The van der Waals surface area contributed by atoms with Gasteiger partial charge in [0.05, 0.1) is 27.8 Å². The summed E-state index contributed by atoms with van der Waals surface area (Å²) in [5.74, 6) is 0. The lowest BCUT2D eigenvalue weighted by atomic mass is 10.1. The molecule has 0 saturated heterocycles. The van der Waals surface area contributed by atoms with Crippen LogP contribution in [0.1, 0.15) is 22.3 Å². The molecule has 0 aliphatic heterocycles. The van der Waals surface area contributed by atoms with Crippen molar-refractivity contribution in [2.75, 3.05) is 7.05 Å². The van der Waals surface area contributed by atoms with Crippen LogP contribution in [0, 0.1) is 6.92 Å². The third kappa shape index (κ3) is 2.21. The second-order valence-electron chi connectivity index (χ2n) is 4.86. The number of nitrogens with one attached hydrogen (secondary N) is 1. The first-order valence-electron chi connectivity index (χ1n) is 6.57. The van der Waals surface area contributed by atoms with Crippen LogP contribution in [0.2, 0.25) is 0 Å². The zero-order chi connectivity index (χ0) is 14.1. The van der Waals surface area contributed by atoms with E-state index in [9.17, 15) is 0 Å². The van der Waals surface area contributed by atoms with Gasteiger partial charge in [-0.3, -0.25) is 4.68 Å². The lowest BCUT2D eigenvalue weighted by Gasteiger charge is -2.13. The molecule has 5 nitrogen and oxygen atoms in total. The Balaban J connectivity index is 1.98. The van der Waals surface area contributed by atoms with Crippen molar-refractivity contribution in [1.82, 2.24) is 24.7 Å². The van der Waals surface area contributed by atoms with Gasteiger partial charge in [-0.05, 0) is 31.6 Å². The van der Waals surface area contributed by atoms with E-state index in [1.165, 1.54) is 21.8 Å². The van der Waals surface area contributed by atoms with Gasteiger partial charge in [0.15, 0.2) is 0 Å². The molecule has 0 bridgehead atoms. The van der Waals surface area contributed by atoms with Crippen molar-refractivity contribution >= 4 is 22.4 Å². The van der Waals surface area contributed by atoms with Crippen molar-refractivity contribution < 1.29 is 0 Å². The Morgan fingerprint density at radius 1 is 1.35 bits per heavy atom. The molecule has 3 aromatic rings. The minimum atomic E-state index is 0.202. The van der Waals surface area contributed by atoms with Gasteiger partial charge in [-0.1, -0.05) is 22.7 Å². The van der Waals surface area contributed by atoms with Crippen molar-refractivity contribution in [3.05, 3.63) is 40.5 Å². The van der Waals surface area contributed by atoms with Gasteiger partial charge in [-0.25, -0.2) is 0 Å². The number of benzene rings is 1. The summed E-state index contributed by atoms with van der Waals surface area (Å²) in [6.07, 6.45) is 0.836. The van der Waals surface area contributed by atoms with Crippen LogP contribution in [0.15, 0.2) is 24.3 Å². The SMILES string of the molecule is CNC(Cc1nn(C)c2ccccc12)c1snnc1C. The number of hydrogen-bond donors (Lipinski definition) is 1. The molecule has 0 saturated carbocycles. The van der Waals surface area contributed by atoms with Crippen LogP contribution in [0.25, 0.3) is 10.9 Å². The number of likely N-dealkylation sites (N-methyl/N-ethyl adjacent to an activating group) is 1. The number of rotatable bonds is 4. The summed E-state index contributed by atoms with van der Waals surface area (Å²) >= 11 is 1.46. The van der Waals surface area contributed by atoms with E-state index in [1.807, 2.05) is 31.8 Å². The zero-order valence-corrected chi connectivity index (χ0v) is 12.6. The summed E-state index contributed by atoms with van der Waals surface area (Å²) in [6.45, 7) is 2.00. The highest BCUT2D eigenvalue weighted by Gasteiger charge is 2.19. The van der Waals surface area contributed by atoms with Crippen molar-refractivity contribution in [2.45, 2.75) is 19.4 Å². The van der Waals surface area contributed by atoms with E-state index in [0.717, 1.165) is 23.3 Å². The first kappa shape index (κ1) is 13.2. The third-order valence-corrected chi connectivity index (χ3v) is 4.52. The Morgan fingerprint density at radius 2 is 2.15 bits per heavy atom. The summed E-state index contributed by atoms with van der Waals surface area (Å²) in [5, 5.41) is 13.3. The zero-order valence-electron chi connectivity index (χ0n) is 11.8. The lowest BCUT2D eigenvalue weighted by molar-refractivity contribution is 0.584. The van der Waals surface area contributed by atoms with Crippen molar-refractivity contribution in [2.24, 2.45) is 7.05 Å². The standard InChI is InChI=1S/C14H17N5S/c1-9-14(20-18-16-9)12(15-2)8-11-10-6-4-5-7-13(10)19(3)17-11/h4-7,12,15H,8H2,1-3H3. The van der Waals surface area contributed by atoms with Gasteiger partial charge < -0.3 is 5.32 Å². The van der Waals surface area contributed by atoms with Gasteiger partial charge >= 0.3 is 0 Å². The molecule has 0 amide bonds. The normalized spacial score (nSPS) is 12.9. The second-order valence-corrected chi connectivity index (χ2v) is 5.64. The van der Waals surface area contributed by atoms with Crippen LogP contribution in [0.5, 0.6) is 0 Å². The maximum atomic E-state index is 4.66. The highest BCUT2D eigenvalue weighted by molar-refractivity contribution is 7.05. The molecule has 1 atom stereocenters. The summed E-state index contributed by atoms with van der Waals surface area (Å²) < 4.78 is 5.97. The Morgan fingerprint density at radius 3 is 2.85 bits per heavy atom. The number of fused-ring (bicyclic) bond motifs is 1. The first-order chi connectivity index (χ1) is 9.70. The van der Waals surface area contributed by atoms with Crippen LogP contribution in [0.4, 0.5) is 0 Å². The minimum Gasteiger partial charge on any atom is -0.312 e. The lowest BCUT2D eigenvalue weighted by Crippen LogP contribution is -2.19. The van der Waals surface area contributed by atoms with Gasteiger partial charge in [0.25, 0.3) is 0 Å². The fourth-order valence-corrected chi connectivity index (χ4v) is 3.27. The number of aryl methyl sites for hydroxylation is 2. The summed E-state index contributed by atoms with van der Waals surface area (Å²) in [4.78, 5) is 1.18. The molecule has 0 aliphatic carbocycles. The Labute approximate surface area is 121 Å². The Hall–Kier alpha value is -1.79. The molecule has 0 spiro atoms. The van der Waals surface area contributed by atoms with E-state index in [1.54, 1.807) is 0 Å². The average Bonchev–Trinajstić information content (AvgIpc) is 3.01. The summed E-state index contributed by atoms with van der Waals surface area (Å²) in [6, 6.07) is 8.53. The van der Waals surface area contributed by atoms with Crippen molar-refractivity contribution in [3.63, 3.8) is 0 Å². The molecule has 0 aliphatic rings. The van der Waals surface area contributed by atoms with Crippen LogP contribution in [-0.2, 0) is 13.5 Å². The maximum absolute atomic E-state index is 4.66. The monoisotopic (exact) mass is 287 g/mol. The molecule has 3 rings (SSSR count). The number of para-hydroxylation sites is 1. The average molecular weight is 287 g/mol. The van der Waals surface area contributed by atoms with Crippen LogP contribution >= 0.6 is 11.5 Å². The minimum absolute atomic E-state index is 0.202. The Bertz CT molecular complexity index is 730. The predicted octanol–water partition coefficient (Wildman–Crippen LogP) is 2.24. The van der Waals surface area contributed by atoms with Gasteiger partial charge in [0.2, 0.25) is 0 Å².